The van der Waals surface area contributed by atoms with Crippen LogP contribution in [0.4, 0.5) is 0 Å². The van der Waals surface area contributed by atoms with Crippen molar-refractivity contribution in [3.8, 4) is 11.5 Å². The highest BCUT2D eigenvalue weighted by Gasteiger charge is 2.20. The molecule has 2 rings (SSSR count). The van der Waals surface area contributed by atoms with E-state index in [9.17, 15) is 29.7 Å². The van der Waals surface area contributed by atoms with E-state index in [2.05, 4.69) is 10.6 Å². The Kier molecular flexibility index (Phi) is 7.15. The van der Waals surface area contributed by atoms with Crippen LogP contribution in [-0.4, -0.2) is 45.7 Å². The zero-order valence-corrected chi connectivity index (χ0v) is 14.8. The van der Waals surface area contributed by atoms with Crippen molar-refractivity contribution < 1.29 is 29.7 Å². The van der Waals surface area contributed by atoms with E-state index >= 15 is 0 Å². The van der Waals surface area contributed by atoms with Crippen LogP contribution in [-0.2, 0) is 20.8 Å². The fraction of sp³-hybridized carbons (Fsp3) is 0.150. The number of carboxylic acid groups (broad SMARTS) is 1. The Balaban J connectivity index is 1.84. The summed E-state index contributed by atoms with van der Waals surface area (Å²) in [5.74, 6) is -2.97. The molecule has 0 aliphatic rings. The second kappa shape index (κ2) is 9.77. The summed E-state index contributed by atoms with van der Waals surface area (Å²) >= 11 is 0. The average molecular weight is 384 g/mol. The van der Waals surface area contributed by atoms with Gasteiger partial charge in [-0.2, -0.15) is 0 Å². The fourth-order valence-electron chi connectivity index (χ4n) is 2.34. The molecule has 2 aromatic carbocycles. The van der Waals surface area contributed by atoms with Gasteiger partial charge in [-0.25, -0.2) is 4.79 Å². The summed E-state index contributed by atoms with van der Waals surface area (Å²) in [5.41, 5.74) is 1.24. The van der Waals surface area contributed by atoms with Gasteiger partial charge in [0.05, 0.1) is 6.54 Å². The molecule has 0 heterocycles. The molecule has 0 saturated heterocycles. The third-order valence-corrected chi connectivity index (χ3v) is 3.77. The molecule has 0 spiro atoms. The zero-order valence-electron chi connectivity index (χ0n) is 14.8. The van der Waals surface area contributed by atoms with Gasteiger partial charge in [0.15, 0.2) is 11.5 Å². The summed E-state index contributed by atoms with van der Waals surface area (Å²) in [4.78, 5) is 35.0. The number of benzene rings is 2. The summed E-state index contributed by atoms with van der Waals surface area (Å²) in [6.45, 7) is -0.386. The van der Waals surface area contributed by atoms with Crippen molar-refractivity contribution in [1.29, 1.82) is 0 Å². The van der Waals surface area contributed by atoms with Crippen molar-refractivity contribution in [3.05, 3.63) is 65.7 Å². The largest absolute Gasteiger partial charge is 0.504 e. The third-order valence-electron chi connectivity index (χ3n) is 3.77. The number of carbonyl (C=O) groups excluding carboxylic acids is 2. The molecule has 28 heavy (non-hydrogen) atoms. The monoisotopic (exact) mass is 384 g/mol. The maximum absolute atomic E-state index is 11.9. The summed E-state index contributed by atoms with van der Waals surface area (Å²) in [7, 11) is 0. The lowest BCUT2D eigenvalue weighted by Gasteiger charge is -2.14. The van der Waals surface area contributed by atoms with E-state index in [-0.39, 0.29) is 24.5 Å². The maximum atomic E-state index is 11.9. The molecule has 8 heteroatoms. The first-order valence-corrected chi connectivity index (χ1v) is 8.39. The number of hydrogen-bond donors (Lipinski definition) is 5. The van der Waals surface area contributed by atoms with Crippen molar-refractivity contribution >= 4 is 23.9 Å². The standard InChI is InChI=1S/C20H20N2O6/c23-16-8-6-14(11-17(16)24)7-9-18(25)21-12-19(26)22-15(20(27)28)10-13-4-2-1-3-5-13/h1-9,11,15,23-24H,10,12H2,(H,21,25)(H,22,26)(H,27,28)/b9-7-/t15-/m0/s1. The van der Waals surface area contributed by atoms with Crippen LogP contribution in [0.5, 0.6) is 11.5 Å². The molecular weight excluding hydrogens is 364 g/mol. The van der Waals surface area contributed by atoms with Crippen molar-refractivity contribution in [2.45, 2.75) is 12.5 Å². The number of carbonyl (C=O) groups is 3. The van der Waals surface area contributed by atoms with Gasteiger partial charge in [-0.05, 0) is 29.3 Å². The SMILES string of the molecule is O=C(/C=C\c1ccc(O)c(O)c1)NCC(=O)N[C@@H](Cc1ccccc1)C(=O)O. The van der Waals surface area contributed by atoms with E-state index in [1.807, 2.05) is 0 Å². The van der Waals surface area contributed by atoms with Crippen molar-refractivity contribution in [3.63, 3.8) is 0 Å². The first-order valence-electron chi connectivity index (χ1n) is 8.39. The first kappa shape index (κ1) is 20.5. The molecule has 1 atom stereocenters. The van der Waals surface area contributed by atoms with Gasteiger partial charge in [0.1, 0.15) is 6.04 Å². The normalized spacial score (nSPS) is 11.7. The molecule has 8 nitrogen and oxygen atoms in total. The van der Waals surface area contributed by atoms with Crippen molar-refractivity contribution in [2.75, 3.05) is 6.54 Å². The summed E-state index contributed by atoms with van der Waals surface area (Å²) in [5, 5.41) is 32.6. The van der Waals surface area contributed by atoms with E-state index in [1.54, 1.807) is 30.3 Å². The predicted molar refractivity (Wildman–Crippen MR) is 102 cm³/mol. The second-order valence-corrected chi connectivity index (χ2v) is 5.95. The van der Waals surface area contributed by atoms with Crippen molar-refractivity contribution in [2.24, 2.45) is 0 Å². The molecule has 0 unspecified atom stereocenters. The van der Waals surface area contributed by atoms with E-state index in [4.69, 9.17) is 0 Å². The van der Waals surface area contributed by atoms with Crippen LogP contribution in [0.15, 0.2) is 54.6 Å². The zero-order chi connectivity index (χ0) is 20.5. The molecular formula is C20H20N2O6. The molecule has 0 bridgehead atoms. The fourth-order valence-corrected chi connectivity index (χ4v) is 2.34. The van der Waals surface area contributed by atoms with Gasteiger partial charge in [0.25, 0.3) is 0 Å². The molecule has 0 aliphatic carbocycles. The molecule has 0 aliphatic heterocycles. The summed E-state index contributed by atoms with van der Waals surface area (Å²) in [6, 6.07) is 11.8. The Bertz CT molecular complexity index is 880. The predicted octanol–water partition coefficient (Wildman–Crippen LogP) is 1.04. The van der Waals surface area contributed by atoms with E-state index in [1.165, 1.54) is 24.3 Å². The van der Waals surface area contributed by atoms with Gasteiger partial charge in [-0.15, -0.1) is 0 Å². The topological polar surface area (TPSA) is 136 Å². The highest BCUT2D eigenvalue weighted by Crippen LogP contribution is 2.25. The minimum absolute atomic E-state index is 0.125. The molecule has 0 saturated carbocycles. The quantitative estimate of drug-likeness (QED) is 0.341. The van der Waals surface area contributed by atoms with E-state index in [0.29, 0.717) is 5.56 Å². The molecule has 146 valence electrons. The Morgan fingerprint density at radius 3 is 2.36 bits per heavy atom. The number of carboxylic acids is 1. The average Bonchev–Trinajstić information content (AvgIpc) is 2.67. The Labute approximate surface area is 161 Å². The van der Waals surface area contributed by atoms with E-state index < -0.39 is 23.8 Å². The first-order chi connectivity index (χ1) is 13.3. The van der Waals surface area contributed by atoms with Gasteiger partial charge in [-0.3, -0.25) is 9.59 Å². The highest BCUT2D eigenvalue weighted by molar-refractivity contribution is 5.95. The van der Waals surface area contributed by atoms with Gasteiger partial charge < -0.3 is 26.0 Å². The minimum atomic E-state index is -1.17. The van der Waals surface area contributed by atoms with E-state index in [0.717, 1.165) is 11.6 Å². The van der Waals surface area contributed by atoms with Gasteiger partial charge in [-0.1, -0.05) is 36.4 Å². The third kappa shape index (κ3) is 6.49. The summed E-state index contributed by atoms with van der Waals surface area (Å²) in [6.07, 6.45) is 2.67. The molecule has 0 radical (unpaired) electrons. The summed E-state index contributed by atoms with van der Waals surface area (Å²) < 4.78 is 0. The second-order valence-electron chi connectivity index (χ2n) is 5.95. The van der Waals surface area contributed by atoms with Crippen molar-refractivity contribution in [1.82, 2.24) is 10.6 Å². The number of nitrogens with one attached hydrogen (secondary N) is 2. The lowest BCUT2D eigenvalue weighted by atomic mass is 10.1. The van der Waals surface area contributed by atoms with Crippen LogP contribution in [0.3, 0.4) is 0 Å². The Morgan fingerprint density at radius 1 is 1.00 bits per heavy atom. The van der Waals surface area contributed by atoms with Crippen LogP contribution in [0.25, 0.3) is 6.08 Å². The maximum Gasteiger partial charge on any atom is 0.326 e. The number of phenols is 2. The van der Waals surface area contributed by atoms with Crippen LogP contribution in [0, 0.1) is 0 Å². The number of rotatable bonds is 8. The molecule has 2 amide bonds. The van der Waals surface area contributed by atoms with Crippen LogP contribution < -0.4 is 10.6 Å². The Morgan fingerprint density at radius 2 is 1.71 bits per heavy atom. The lowest BCUT2D eigenvalue weighted by molar-refractivity contribution is -0.141. The van der Waals surface area contributed by atoms with Gasteiger partial charge in [0, 0.05) is 12.5 Å². The smallest absolute Gasteiger partial charge is 0.326 e. The van der Waals surface area contributed by atoms with Gasteiger partial charge >= 0.3 is 5.97 Å². The lowest BCUT2D eigenvalue weighted by Crippen LogP contribution is -2.46. The molecule has 2 aromatic rings. The highest BCUT2D eigenvalue weighted by atomic mass is 16.4. The number of phenolic OH excluding ortho intramolecular Hbond substituents is 2. The van der Waals surface area contributed by atoms with Crippen LogP contribution >= 0.6 is 0 Å². The number of hydrogen-bond acceptors (Lipinski definition) is 5. The number of amides is 2. The van der Waals surface area contributed by atoms with Gasteiger partial charge in [0.2, 0.25) is 11.8 Å². The van der Waals surface area contributed by atoms with Crippen LogP contribution in [0.1, 0.15) is 11.1 Å². The molecule has 0 fully saturated rings. The molecule has 5 N–H and O–H groups in total. The number of aromatic hydroxyl groups is 2. The van der Waals surface area contributed by atoms with Crippen LogP contribution in [0.2, 0.25) is 0 Å². The number of aliphatic carboxylic acids is 1. The minimum Gasteiger partial charge on any atom is -0.504 e. The molecule has 0 aromatic heterocycles. The Hall–Kier alpha value is -3.81.